The van der Waals surface area contributed by atoms with Gasteiger partial charge in [0, 0.05) is 69.3 Å². The average Bonchev–Trinajstić information content (AvgIpc) is 3.98. The number of amides is 2. The van der Waals surface area contributed by atoms with Crippen LogP contribution in [0, 0.1) is 29.6 Å². The quantitative estimate of drug-likeness (QED) is 0.101. The molecule has 1 saturated heterocycles. The normalized spacial score (nSPS) is 14.5. The number of nitrogens with zero attached hydrogens (tertiary/aromatic N) is 8. The van der Waals surface area contributed by atoms with E-state index >= 15 is 0 Å². The molecule has 58 heavy (non-hydrogen) atoms. The van der Waals surface area contributed by atoms with E-state index in [9.17, 15) is 4.79 Å². The summed E-state index contributed by atoms with van der Waals surface area (Å²) in [5, 5.41) is 23.3. The summed E-state index contributed by atoms with van der Waals surface area (Å²) >= 11 is 0. The van der Waals surface area contributed by atoms with Gasteiger partial charge in [-0.2, -0.15) is 10.2 Å². The van der Waals surface area contributed by atoms with E-state index in [1.165, 1.54) is 25.7 Å². The van der Waals surface area contributed by atoms with Crippen molar-refractivity contribution in [1.29, 1.82) is 0 Å². The Morgan fingerprint density at radius 3 is 1.72 bits per heavy atom. The zero-order chi connectivity index (χ0) is 44.4. The molecule has 1 heterocycles. The van der Waals surface area contributed by atoms with Crippen molar-refractivity contribution in [3.63, 3.8) is 0 Å². The van der Waals surface area contributed by atoms with Crippen molar-refractivity contribution in [2.75, 3.05) is 45.8 Å². The number of aliphatic imine (C=N–C) groups is 1. The molecule has 12 nitrogen and oxygen atoms in total. The highest BCUT2D eigenvalue weighted by molar-refractivity contribution is 5.75. The number of nitrogens with one attached hydrogen (secondary N) is 1. The number of urea groups is 1. The largest absolute Gasteiger partial charge is 0.393 e. The van der Waals surface area contributed by atoms with Crippen molar-refractivity contribution in [2.45, 2.75) is 148 Å². The van der Waals surface area contributed by atoms with Gasteiger partial charge < -0.3 is 19.9 Å². The number of rotatable bonds is 16. The predicted octanol–water partition coefficient (Wildman–Crippen LogP) is 10.8. The van der Waals surface area contributed by atoms with Gasteiger partial charge in [-0.15, -0.1) is 0 Å². The topological polar surface area (TPSA) is 119 Å². The van der Waals surface area contributed by atoms with Gasteiger partial charge in [-0.05, 0) is 95.6 Å². The lowest BCUT2D eigenvalue weighted by Crippen LogP contribution is -2.54. The third-order valence-corrected chi connectivity index (χ3v) is 7.21. The van der Waals surface area contributed by atoms with Gasteiger partial charge in [-0.25, -0.2) is 4.79 Å². The number of hydrogen-bond donors (Lipinski definition) is 1. The highest BCUT2D eigenvalue weighted by atomic mass is 16.6. The first-order chi connectivity index (χ1) is 27.3. The van der Waals surface area contributed by atoms with Crippen molar-refractivity contribution in [2.24, 2.45) is 55.1 Å². The monoisotopic (exact) mass is 814 g/mol. The molecule has 0 unspecified atom stereocenters. The number of benzene rings is 1. The molecular weight excluding hydrogens is 727 g/mol. The van der Waals surface area contributed by atoms with E-state index in [0.29, 0.717) is 35.7 Å². The molecule has 2 aliphatic rings. The molecule has 1 aliphatic heterocycles. The number of hydrazone groups is 2. The average molecular weight is 814 g/mol. The van der Waals surface area contributed by atoms with E-state index in [1.54, 1.807) is 6.21 Å². The van der Waals surface area contributed by atoms with Crippen LogP contribution in [0.4, 0.5) is 4.79 Å². The standard InChI is InChI=1S/C13H26N4O.C10H13NO.C8H18N2.C8H17N.C7H13NO/c1-11(2)10-14-17-8-6-16(7-9-17)12(18)15-13(3,4)5;1-9(2)8-11-12-10-6-4-3-5-7-10;1-5-10(6-2)9-7-8(3)4;1-4-5-6-9-7-8(2)3;1-6(2)5-8-9-7-3-4-7/h10-11H,6-9H2,1-5H3,(H,15,18);3-9H,1-2H3;7-8H,5-6H2,1-4H3;7-8H,4-6H2,1-3H3;5-7H,3-4H2,1-2H3/b14-10+;11-8+;9-7+;;8-5+. The lowest BCUT2D eigenvalue weighted by Gasteiger charge is -2.35. The third-order valence-electron chi connectivity index (χ3n) is 7.21. The Morgan fingerprint density at radius 2 is 1.28 bits per heavy atom. The summed E-state index contributed by atoms with van der Waals surface area (Å²) in [5.74, 6) is 3.33. The molecule has 1 aromatic rings. The smallest absolute Gasteiger partial charge is 0.317 e. The molecule has 1 aliphatic carbocycles. The first kappa shape index (κ1) is 56.1. The molecular formula is C46H87N9O3. The predicted molar refractivity (Wildman–Crippen MR) is 252 cm³/mol. The Hall–Kier alpha value is -3.96. The second-order valence-corrected chi connectivity index (χ2v) is 17.1. The maximum absolute atomic E-state index is 11.9. The van der Waals surface area contributed by atoms with Crippen molar-refractivity contribution in [3.8, 4) is 5.75 Å². The van der Waals surface area contributed by atoms with Gasteiger partial charge in [0.1, 0.15) is 6.10 Å². The second-order valence-electron chi connectivity index (χ2n) is 17.1. The van der Waals surface area contributed by atoms with Gasteiger partial charge in [0.05, 0.1) is 13.1 Å². The summed E-state index contributed by atoms with van der Waals surface area (Å²) in [6.07, 6.45) is 14.8. The molecule has 0 bridgehead atoms. The zero-order valence-corrected chi connectivity index (χ0v) is 39.8. The van der Waals surface area contributed by atoms with E-state index < -0.39 is 0 Å². The fraction of sp³-hybridized carbons (Fsp3) is 0.739. The maximum atomic E-state index is 11.9. The Bertz CT molecular complexity index is 1240. The van der Waals surface area contributed by atoms with Gasteiger partial charge in [0.25, 0.3) is 0 Å². The van der Waals surface area contributed by atoms with E-state index in [-0.39, 0.29) is 11.6 Å². The molecule has 0 spiro atoms. The summed E-state index contributed by atoms with van der Waals surface area (Å²) in [6.45, 7) is 39.5. The van der Waals surface area contributed by atoms with Crippen LogP contribution in [0.25, 0.3) is 0 Å². The molecule has 0 atom stereocenters. The van der Waals surface area contributed by atoms with Crippen LogP contribution in [0.2, 0.25) is 0 Å². The summed E-state index contributed by atoms with van der Waals surface area (Å²) in [4.78, 5) is 28.2. The molecule has 334 valence electrons. The SMILES string of the molecule is CC(C)/C=N/N1CCN(C(=O)NC(C)(C)C)CC1.CC(C)/C=N/OC1CC1.CC(C)/C=N/Oc1ccccc1.CCCCN=CC(C)C.CCN(CC)/N=C/C(C)C. The number of carbonyl (C=O) groups excluding carboxylic acids is 1. The van der Waals surface area contributed by atoms with E-state index in [2.05, 4.69) is 121 Å². The van der Waals surface area contributed by atoms with Crippen molar-refractivity contribution >= 4 is 37.1 Å². The maximum Gasteiger partial charge on any atom is 0.317 e. The van der Waals surface area contributed by atoms with Crippen LogP contribution >= 0.6 is 0 Å². The Labute approximate surface area is 356 Å². The van der Waals surface area contributed by atoms with Gasteiger partial charge in [-0.1, -0.05) is 111 Å². The number of carbonyl (C=O) groups is 1. The van der Waals surface area contributed by atoms with Gasteiger partial charge in [-0.3, -0.25) is 15.0 Å². The van der Waals surface area contributed by atoms with Crippen molar-refractivity contribution in [3.05, 3.63) is 30.3 Å². The molecule has 1 saturated carbocycles. The highest BCUT2D eigenvalue weighted by Crippen LogP contribution is 2.23. The van der Waals surface area contributed by atoms with Crippen LogP contribution in [-0.2, 0) is 4.84 Å². The van der Waals surface area contributed by atoms with Crippen molar-refractivity contribution in [1.82, 2.24) is 20.2 Å². The van der Waals surface area contributed by atoms with E-state index in [1.807, 2.05) is 90.9 Å². The molecule has 1 aromatic carbocycles. The first-order valence-corrected chi connectivity index (χ1v) is 21.9. The number of unbranched alkanes of at least 4 members (excludes halogenated alkanes) is 1. The van der Waals surface area contributed by atoms with Gasteiger partial charge in [0.15, 0.2) is 5.75 Å². The molecule has 3 rings (SSSR count). The summed E-state index contributed by atoms with van der Waals surface area (Å²) in [5.41, 5.74) is -0.177. The highest BCUT2D eigenvalue weighted by Gasteiger charge is 2.24. The molecule has 0 radical (unpaired) electrons. The number of hydrogen-bond acceptors (Lipinski definition) is 10. The minimum Gasteiger partial charge on any atom is -0.393 e. The van der Waals surface area contributed by atoms with Crippen LogP contribution in [0.15, 0.2) is 55.8 Å². The fourth-order valence-electron chi connectivity index (χ4n) is 3.90. The Morgan fingerprint density at radius 1 is 0.759 bits per heavy atom. The van der Waals surface area contributed by atoms with Crippen molar-refractivity contribution < 1.29 is 14.5 Å². The van der Waals surface area contributed by atoms with Crippen LogP contribution in [0.5, 0.6) is 5.75 Å². The fourth-order valence-corrected chi connectivity index (χ4v) is 3.90. The first-order valence-electron chi connectivity index (χ1n) is 21.9. The lowest BCUT2D eigenvalue weighted by atomic mass is 10.1. The molecule has 2 amide bonds. The molecule has 1 N–H and O–H groups in total. The van der Waals surface area contributed by atoms with Gasteiger partial charge in [0.2, 0.25) is 0 Å². The van der Waals surface area contributed by atoms with Crippen LogP contribution in [0.1, 0.15) is 136 Å². The van der Waals surface area contributed by atoms with E-state index in [0.717, 1.165) is 51.6 Å². The number of oxime groups is 2. The minimum absolute atomic E-state index is 0.0231. The molecule has 2 fully saturated rings. The second kappa shape index (κ2) is 35.0. The zero-order valence-electron chi connectivity index (χ0n) is 39.8. The van der Waals surface area contributed by atoms with Crippen LogP contribution in [-0.4, -0.2) is 109 Å². The Kier molecular flexibility index (Phi) is 33.9. The van der Waals surface area contributed by atoms with Crippen LogP contribution < -0.4 is 10.2 Å². The number of piperazine rings is 1. The number of para-hydroxylation sites is 1. The third kappa shape index (κ3) is 40.2. The van der Waals surface area contributed by atoms with Gasteiger partial charge >= 0.3 is 6.03 Å². The molecule has 12 heteroatoms. The lowest BCUT2D eigenvalue weighted by molar-refractivity contribution is 0.129. The summed E-state index contributed by atoms with van der Waals surface area (Å²) in [7, 11) is 0. The van der Waals surface area contributed by atoms with E-state index in [4.69, 9.17) is 9.68 Å². The Balaban J connectivity index is 0. The minimum atomic E-state index is -0.177. The molecule has 0 aromatic heterocycles. The van der Waals surface area contributed by atoms with Crippen LogP contribution in [0.3, 0.4) is 0 Å². The summed E-state index contributed by atoms with van der Waals surface area (Å²) < 4.78 is 0. The summed E-state index contributed by atoms with van der Waals surface area (Å²) in [6, 6.07) is 9.55.